The minimum atomic E-state index is -0.957. The molecule has 0 radical (unpaired) electrons. The lowest BCUT2D eigenvalue weighted by atomic mass is 10.0. The van der Waals surface area contributed by atoms with Crippen molar-refractivity contribution in [1.82, 2.24) is 0 Å². The molecule has 0 aliphatic carbocycles. The van der Waals surface area contributed by atoms with Gasteiger partial charge in [0.2, 0.25) is 0 Å². The van der Waals surface area contributed by atoms with Gasteiger partial charge in [-0.25, -0.2) is 4.79 Å². The van der Waals surface area contributed by atoms with Crippen LogP contribution in [0, 0.1) is 0 Å². The molecule has 0 heterocycles. The fraction of sp³-hybridized carbons (Fsp3) is 0.632. The first kappa shape index (κ1) is 19.5. The first-order chi connectivity index (χ1) is 11.2. The second kappa shape index (κ2) is 12.9. The van der Waals surface area contributed by atoms with Crippen LogP contribution in [0.4, 0.5) is 0 Å². The van der Waals surface area contributed by atoms with E-state index in [1.54, 1.807) is 0 Å². The number of rotatable bonds is 14. The Morgan fingerprint density at radius 1 is 1.04 bits per heavy atom. The maximum atomic E-state index is 10.3. The third-order valence-electron chi connectivity index (χ3n) is 3.69. The molecule has 0 saturated carbocycles. The number of ether oxygens (including phenoxy) is 2. The molecule has 0 unspecified atom stereocenters. The van der Waals surface area contributed by atoms with Crippen molar-refractivity contribution in [1.29, 1.82) is 0 Å². The average Bonchev–Trinajstić information content (AvgIpc) is 2.54. The van der Waals surface area contributed by atoms with Crippen LogP contribution in [-0.4, -0.2) is 30.9 Å². The van der Waals surface area contributed by atoms with Gasteiger partial charge in [0.15, 0.2) is 0 Å². The summed E-state index contributed by atoms with van der Waals surface area (Å²) in [6.07, 6.45) is 10.3. The van der Waals surface area contributed by atoms with E-state index in [0.29, 0.717) is 6.61 Å². The zero-order valence-corrected chi connectivity index (χ0v) is 14.3. The Morgan fingerprint density at radius 2 is 1.78 bits per heavy atom. The molecular formula is C19H30O4. The number of carbonyl (C=O) groups is 1. The minimum absolute atomic E-state index is 0.276. The molecule has 1 aromatic carbocycles. The Kier molecular flexibility index (Phi) is 11.0. The molecule has 0 spiro atoms. The Labute approximate surface area is 139 Å². The van der Waals surface area contributed by atoms with E-state index in [0.717, 1.165) is 12.2 Å². The first-order valence-corrected chi connectivity index (χ1v) is 8.73. The van der Waals surface area contributed by atoms with Crippen LogP contribution >= 0.6 is 0 Å². The summed E-state index contributed by atoms with van der Waals surface area (Å²) in [5, 5.41) is 8.46. The number of benzene rings is 1. The van der Waals surface area contributed by atoms with Crippen LogP contribution in [0.25, 0.3) is 0 Å². The van der Waals surface area contributed by atoms with Gasteiger partial charge in [-0.15, -0.1) is 0 Å². The summed E-state index contributed by atoms with van der Waals surface area (Å²) < 4.78 is 10.5. The summed E-state index contributed by atoms with van der Waals surface area (Å²) in [6.45, 7) is 2.62. The Morgan fingerprint density at radius 3 is 2.52 bits per heavy atom. The topological polar surface area (TPSA) is 55.8 Å². The van der Waals surface area contributed by atoms with Gasteiger partial charge in [-0.3, -0.25) is 0 Å². The molecule has 130 valence electrons. The summed E-state index contributed by atoms with van der Waals surface area (Å²) >= 11 is 0. The number of unbranched alkanes of at least 4 members (excludes halogenated alkanes) is 6. The van der Waals surface area contributed by atoms with Gasteiger partial charge in [0, 0.05) is 0 Å². The summed E-state index contributed by atoms with van der Waals surface area (Å²) in [6, 6.07) is 8.12. The quantitative estimate of drug-likeness (QED) is 0.514. The lowest BCUT2D eigenvalue weighted by Crippen LogP contribution is -2.12. The van der Waals surface area contributed by atoms with Gasteiger partial charge in [-0.05, 0) is 30.5 Å². The van der Waals surface area contributed by atoms with Crippen molar-refractivity contribution in [3.63, 3.8) is 0 Å². The molecule has 0 aromatic heterocycles. The van der Waals surface area contributed by atoms with Gasteiger partial charge in [0.1, 0.15) is 19.0 Å². The van der Waals surface area contributed by atoms with Crippen LogP contribution in [0.5, 0.6) is 5.75 Å². The van der Waals surface area contributed by atoms with Gasteiger partial charge in [-0.2, -0.15) is 0 Å². The SMILES string of the molecule is CCCCCCCCCc1cccc(OCCOCC(=O)O)c1. The maximum absolute atomic E-state index is 10.3. The highest BCUT2D eigenvalue weighted by Gasteiger charge is 2.00. The van der Waals surface area contributed by atoms with Crippen LogP contribution in [0.1, 0.15) is 57.4 Å². The van der Waals surface area contributed by atoms with Gasteiger partial charge < -0.3 is 14.6 Å². The third-order valence-corrected chi connectivity index (χ3v) is 3.69. The third kappa shape index (κ3) is 10.7. The molecule has 0 amide bonds. The first-order valence-electron chi connectivity index (χ1n) is 8.73. The van der Waals surface area contributed by atoms with E-state index in [4.69, 9.17) is 14.6 Å². The zero-order chi connectivity index (χ0) is 16.8. The van der Waals surface area contributed by atoms with E-state index in [2.05, 4.69) is 19.1 Å². The van der Waals surface area contributed by atoms with E-state index >= 15 is 0 Å². The summed E-state index contributed by atoms with van der Waals surface area (Å²) in [5.41, 5.74) is 1.29. The van der Waals surface area contributed by atoms with E-state index < -0.39 is 5.97 Å². The number of carboxylic acid groups (broad SMARTS) is 1. The lowest BCUT2D eigenvalue weighted by Gasteiger charge is -2.08. The molecule has 4 nitrogen and oxygen atoms in total. The highest BCUT2D eigenvalue weighted by Crippen LogP contribution is 2.16. The number of aliphatic carboxylic acids is 1. The van der Waals surface area contributed by atoms with E-state index in [1.807, 2.05) is 12.1 Å². The predicted molar refractivity (Wildman–Crippen MR) is 92.1 cm³/mol. The Hall–Kier alpha value is -1.55. The minimum Gasteiger partial charge on any atom is -0.491 e. The maximum Gasteiger partial charge on any atom is 0.329 e. The summed E-state index contributed by atoms with van der Waals surface area (Å²) in [4.78, 5) is 10.3. The summed E-state index contributed by atoms with van der Waals surface area (Å²) in [5.74, 6) is -0.133. The summed E-state index contributed by atoms with van der Waals surface area (Å²) in [7, 11) is 0. The van der Waals surface area contributed by atoms with Crippen molar-refractivity contribution in [3.05, 3.63) is 29.8 Å². The zero-order valence-electron chi connectivity index (χ0n) is 14.3. The molecule has 4 heteroatoms. The van der Waals surface area contributed by atoms with Gasteiger partial charge >= 0.3 is 5.97 Å². The fourth-order valence-corrected chi connectivity index (χ4v) is 2.45. The fourth-order valence-electron chi connectivity index (χ4n) is 2.45. The highest BCUT2D eigenvalue weighted by molar-refractivity contribution is 5.67. The van der Waals surface area contributed by atoms with Crippen LogP contribution in [0.2, 0.25) is 0 Å². The predicted octanol–water partition coefficient (Wildman–Crippen LogP) is 4.46. The molecular weight excluding hydrogens is 292 g/mol. The van der Waals surface area contributed by atoms with Crippen molar-refractivity contribution >= 4 is 5.97 Å². The highest BCUT2D eigenvalue weighted by atomic mass is 16.5. The number of aryl methyl sites for hydroxylation is 1. The van der Waals surface area contributed by atoms with Crippen LogP contribution in [-0.2, 0) is 16.0 Å². The lowest BCUT2D eigenvalue weighted by molar-refractivity contribution is -0.142. The molecule has 23 heavy (non-hydrogen) atoms. The van der Waals surface area contributed by atoms with Gasteiger partial charge in [-0.1, -0.05) is 57.6 Å². The second-order valence-electron chi connectivity index (χ2n) is 5.81. The van der Waals surface area contributed by atoms with Crippen molar-refractivity contribution in [2.45, 2.75) is 58.3 Å². The average molecular weight is 322 g/mol. The number of carboxylic acids is 1. The number of hydrogen-bond acceptors (Lipinski definition) is 3. The standard InChI is InChI=1S/C19H30O4/c1-2-3-4-5-6-7-8-10-17-11-9-12-18(15-17)23-14-13-22-16-19(20)21/h9,11-12,15H,2-8,10,13-14,16H2,1H3,(H,20,21). The van der Waals surface area contributed by atoms with Gasteiger partial charge in [0.05, 0.1) is 6.61 Å². The molecule has 0 aliphatic rings. The largest absolute Gasteiger partial charge is 0.491 e. The molecule has 0 bridgehead atoms. The van der Waals surface area contributed by atoms with E-state index in [9.17, 15) is 4.79 Å². The molecule has 1 aromatic rings. The molecule has 0 aliphatic heterocycles. The normalized spacial score (nSPS) is 10.7. The second-order valence-corrected chi connectivity index (χ2v) is 5.81. The van der Waals surface area contributed by atoms with Crippen molar-refractivity contribution in [2.75, 3.05) is 19.8 Å². The van der Waals surface area contributed by atoms with E-state index in [1.165, 1.54) is 50.5 Å². The van der Waals surface area contributed by atoms with Crippen LogP contribution in [0.15, 0.2) is 24.3 Å². The van der Waals surface area contributed by atoms with Crippen molar-refractivity contribution in [3.8, 4) is 5.75 Å². The van der Waals surface area contributed by atoms with E-state index in [-0.39, 0.29) is 13.2 Å². The molecule has 1 N–H and O–H groups in total. The number of hydrogen-bond donors (Lipinski definition) is 1. The van der Waals surface area contributed by atoms with Crippen LogP contribution in [0.3, 0.4) is 0 Å². The molecule has 0 fully saturated rings. The Bertz CT molecular complexity index is 431. The Balaban J connectivity index is 2.14. The molecule has 1 rings (SSSR count). The molecule has 0 saturated heterocycles. The van der Waals surface area contributed by atoms with Crippen molar-refractivity contribution in [2.24, 2.45) is 0 Å². The monoisotopic (exact) mass is 322 g/mol. The van der Waals surface area contributed by atoms with Crippen molar-refractivity contribution < 1.29 is 19.4 Å². The van der Waals surface area contributed by atoms with Crippen LogP contribution < -0.4 is 4.74 Å². The molecule has 0 atom stereocenters. The smallest absolute Gasteiger partial charge is 0.329 e. The van der Waals surface area contributed by atoms with Gasteiger partial charge in [0.25, 0.3) is 0 Å².